The molecule has 0 bridgehead atoms. The van der Waals surface area contributed by atoms with E-state index >= 15 is 0 Å². The summed E-state index contributed by atoms with van der Waals surface area (Å²) in [7, 11) is 0. The Balaban J connectivity index is 3.56. The van der Waals surface area contributed by atoms with Crippen LogP contribution in [-0.2, 0) is 14.4 Å². The first-order valence-corrected chi connectivity index (χ1v) is 5.91. The average molecular weight is 252 g/mol. The van der Waals surface area contributed by atoms with E-state index in [0.717, 1.165) is 0 Å². The van der Waals surface area contributed by atoms with Crippen molar-refractivity contribution in [3.05, 3.63) is 11.6 Å². The molecule has 0 saturated carbocycles. The minimum absolute atomic E-state index is 0.199. The zero-order chi connectivity index (χ0) is 14.5. The summed E-state index contributed by atoms with van der Waals surface area (Å²) in [5, 5.41) is 10.5. The summed E-state index contributed by atoms with van der Waals surface area (Å²) in [6.07, 6.45) is 1.26. The van der Waals surface area contributed by atoms with Crippen molar-refractivity contribution in [3.63, 3.8) is 0 Å². The van der Waals surface area contributed by atoms with Crippen molar-refractivity contribution >= 4 is 17.3 Å². The highest BCUT2D eigenvalue weighted by atomic mass is 16.3. The van der Waals surface area contributed by atoms with Crippen molar-refractivity contribution in [1.29, 1.82) is 0 Å². The number of hydrogen-bond acceptors (Lipinski definition) is 4. The van der Waals surface area contributed by atoms with Gasteiger partial charge >= 0.3 is 0 Å². The van der Waals surface area contributed by atoms with Crippen molar-refractivity contribution in [2.45, 2.75) is 47.1 Å². The van der Waals surface area contributed by atoms with Gasteiger partial charge in [-0.05, 0) is 11.5 Å². The number of ketones is 3. The third kappa shape index (κ3) is 2.05. The molecule has 0 amide bonds. The molecule has 100 valence electrons. The number of Topliss-reactive ketones (excluding diaryl/α,β-unsaturated/α-hetero) is 3. The molecule has 0 aromatic heterocycles. The van der Waals surface area contributed by atoms with E-state index in [2.05, 4.69) is 0 Å². The van der Waals surface area contributed by atoms with Crippen molar-refractivity contribution in [2.75, 3.05) is 0 Å². The van der Waals surface area contributed by atoms with Crippen molar-refractivity contribution in [2.24, 2.45) is 10.8 Å². The summed E-state index contributed by atoms with van der Waals surface area (Å²) in [4.78, 5) is 35.5. The normalized spacial score (nSPS) is 26.4. The van der Waals surface area contributed by atoms with E-state index in [9.17, 15) is 19.5 Å². The first-order valence-electron chi connectivity index (χ1n) is 5.91. The third-order valence-electron chi connectivity index (χ3n) is 3.31. The van der Waals surface area contributed by atoms with E-state index in [1.807, 2.05) is 0 Å². The molecular formula is C14H20O4. The Labute approximate surface area is 107 Å². The lowest BCUT2D eigenvalue weighted by molar-refractivity contribution is -0.156. The maximum atomic E-state index is 11.9. The van der Waals surface area contributed by atoms with Gasteiger partial charge in [0.25, 0.3) is 5.78 Å². The van der Waals surface area contributed by atoms with Crippen LogP contribution in [-0.4, -0.2) is 28.1 Å². The highest BCUT2D eigenvalue weighted by Crippen LogP contribution is 2.40. The zero-order valence-electron chi connectivity index (χ0n) is 11.7. The second-order valence-corrected chi connectivity index (χ2v) is 6.81. The molecule has 0 radical (unpaired) electrons. The van der Waals surface area contributed by atoms with Crippen LogP contribution in [0.4, 0.5) is 0 Å². The minimum atomic E-state index is -1.92. The summed E-state index contributed by atoms with van der Waals surface area (Å²) in [5.74, 6) is -2.96. The van der Waals surface area contributed by atoms with Crippen LogP contribution >= 0.6 is 0 Å². The highest BCUT2D eigenvalue weighted by Gasteiger charge is 2.54. The fourth-order valence-electron chi connectivity index (χ4n) is 1.85. The molecule has 1 aliphatic carbocycles. The molecule has 0 fully saturated rings. The lowest BCUT2D eigenvalue weighted by Crippen LogP contribution is -2.57. The predicted octanol–water partition coefficient (Wildman–Crippen LogP) is 1.46. The van der Waals surface area contributed by atoms with Gasteiger partial charge in [0.1, 0.15) is 0 Å². The number of carbonyl (C=O) groups excluding carboxylic acids is 3. The maximum Gasteiger partial charge on any atom is 0.272 e. The van der Waals surface area contributed by atoms with Crippen LogP contribution in [0.15, 0.2) is 11.6 Å². The number of rotatable bonds is 0. The smallest absolute Gasteiger partial charge is 0.272 e. The molecular weight excluding hydrogens is 232 g/mol. The number of hydrogen-bond donors (Lipinski definition) is 1. The van der Waals surface area contributed by atoms with E-state index in [1.165, 1.54) is 6.08 Å². The monoisotopic (exact) mass is 252 g/mol. The maximum absolute atomic E-state index is 11.9. The Hall–Kier alpha value is -1.29. The number of allylic oxidation sites excluding steroid dienone is 1. The van der Waals surface area contributed by atoms with E-state index < -0.39 is 33.8 Å². The number of carbonyl (C=O) groups is 3. The van der Waals surface area contributed by atoms with Crippen LogP contribution in [0.1, 0.15) is 41.5 Å². The Morgan fingerprint density at radius 1 is 0.944 bits per heavy atom. The first-order chi connectivity index (χ1) is 7.82. The second-order valence-electron chi connectivity index (χ2n) is 6.81. The van der Waals surface area contributed by atoms with Gasteiger partial charge < -0.3 is 5.11 Å². The van der Waals surface area contributed by atoms with Crippen LogP contribution in [0.3, 0.4) is 0 Å². The molecule has 1 unspecified atom stereocenters. The largest absolute Gasteiger partial charge is 0.377 e. The van der Waals surface area contributed by atoms with Crippen molar-refractivity contribution in [1.82, 2.24) is 0 Å². The van der Waals surface area contributed by atoms with Crippen molar-refractivity contribution < 1.29 is 19.5 Å². The van der Waals surface area contributed by atoms with Crippen LogP contribution in [0, 0.1) is 10.8 Å². The molecule has 4 heteroatoms. The fourth-order valence-corrected chi connectivity index (χ4v) is 1.85. The first kappa shape index (κ1) is 14.8. The standard InChI is InChI=1S/C14H20O4/c1-12(2,3)8-7-14(18,13(4,5)6)11(17)10(16)9(8)15/h7,18H,1-6H3. The summed E-state index contributed by atoms with van der Waals surface area (Å²) < 4.78 is 0. The van der Waals surface area contributed by atoms with E-state index in [0.29, 0.717) is 0 Å². The van der Waals surface area contributed by atoms with Gasteiger partial charge in [-0.15, -0.1) is 0 Å². The van der Waals surface area contributed by atoms with Gasteiger partial charge in [-0.3, -0.25) is 14.4 Å². The summed E-state index contributed by atoms with van der Waals surface area (Å²) >= 11 is 0. The van der Waals surface area contributed by atoms with Gasteiger partial charge in [0.05, 0.1) is 0 Å². The molecule has 1 rings (SSSR count). The molecule has 18 heavy (non-hydrogen) atoms. The van der Waals surface area contributed by atoms with E-state index in [4.69, 9.17) is 0 Å². The molecule has 1 aliphatic rings. The molecule has 0 heterocycles. The van der Waals surface area contributed by atoms with Crippen LogP contribution in [0.5, 0.6) is 0 Å². The molecule has 1 N–H and O–H groups in total. The molecule has 0 aliphatic heterocycles. The Kier molecular flexibility index (Phi) is 3.16. The second kappa shape index (κ2) is 3.85. The van der Waals surface area contributed by atoms with Crippen LogP contribution < -0.4 is 0 Å². The predicted molar refractivity (Wildman–Crippen MR) is 67.0 cm³/mol. The van der Waals surface area contributed by atoms with E-state index in [1.54, 1.807) is 41.5 Å². The number of aliphatic hydroxyl groups is 1. The van der Waals surface area contributed by atoms with Gasteiger partial charge in [-0.2, -0.15) is 0 Å². The van der Waals surface area contributed by atoms with Gasteiger partial charge in [-0.1, -0.05) is 41.5 Å². The highest BCUT2D eigenvalue weighted by molar-refractivity contribution is 6.69. The SMILES string of the molecule is CC(C)(C)C1=CC(O)(C(C)(C)C)C(=O)C(=O)C1=O. The quantitative estimate of drug-likeness (QED) is 0.662. The zero-order valence-corrected chi connectivity index (χ0v) is 11.7. The summed E-state index contributed by atoms with van der Waals surface area (Å²) in [6, 6.07) is 0. The fraction of sp³-hybridized carbons (Fsp3) is 0.643. The van der Waals surface area contributed by atoms with Crippen molar-refractivity contribution in [3.8, 4) is 0 Å². The minimum Gasteiger partial charge on any atom is -0.377 e. The lowest BCUT2D eigenvalue weighted by atomic mass is 9.65. The summed E-state index contributed by atoms with van der Waals surface area (Å²) in [6.45, 7) is 10.3. The van der Waals surface area contributed by atoms with Gasteiger partial charge in [-0.25, -0.2) is 0 Å². The average Bonchev–Trinajstić information content (AvgIpc) is 2.17. The molecule has 0 aromatic rings. The molecule has 0 aromatic carbocycles. The molecule has 1 atom stereocenters. The Morgan fingerprint density at radius 3 is 1.72 bits per heavy atom. The Morgan fingerprint density at radius 2 is 1.39 bits per heavy atom. The van der Waals surface area contributed by atoms with Crippen LogP contribution in [0.2, 0.25) is 0 Å². The van der Waals surface area contributed by atoms with Gasteiger partial charge in [0.15, 0.2) is 5.60 Å². The van der Waals surface area contributed by atoms with Gasteiger partial charge in [0, 0.05) is 11.0 Å². The third-order valence-corrected chi connectivity index (χ3v) is 3.31. The van der Waals surface area contributed by atoms with Gasteiger partial charge in [0.2, 0.25) is 11.6 Å². The topological polar surface area (TPSA) is 71.4 Å². The van der Waals surface area contributed by atoms with E-state index in [-0.39, 0.29) is 5.57 Å². The molecule has 0 saturated heterocycles. The Bertz CT molecular complexity index is 457. The summed E-state index contributed by atoms with van der Waals surface area (Å²) in [5.41, 5.74) is -3.16. The lowest BCUT2D eigenvalue weighted by Gasteiger charge is -2.40. The molecule has 0 spiro atoms. The molecule has 4 nitrogen and oxygen atoms in total. The van der Waals surface area contributed by atoms with Crippen LogP contribution in [0.25, 0.3) is 0 Å².